The lowest BCUT2D eigenvalue weighted by atomic mass is 10.0. The molecular formula is C16H13NO2. The highest BCUT2D eigenvalue weighted by Gasteiger charge is 2.15. The maximum absolute atomic E-state index is 11.8. The van der Waals surface area contributed by atoms with Crippen molar-refractivity contribution in [3.63, 3.8) is 0 Å². The Morgan fingerprint density at radius 3 is 2.68 bits per heavy atom. The van der Waals surface area contributed by atoms with E-state index in [0.29, 0.717) is 5.56 Å². The maximum atomic E-state index is 11.8. The van der Waals surface area contributed by atoms with Crippen LogP contribution in [0.15, 0.2) is 54.7 Å². The van der Waals surface area contributed by atoms with Gasteiger partial charge in [0.05, 0.1) is 18.4 Å². The summed E-state index contributed by atoms with van der Waals surface area (Å²) in [5.74, 6) is -0.329. The third kappa shape index (κ3) is 1.89. The topological polar surface area (TPSA) is 42.1 Å². The van der Waals surface area contributed by atoms with Crippen molar-refractivity contribution in [3.05, 3.63) is 60.3 Å². The summed E-state index contributed by atoms with van der Waals surface area (Å²) in [6.07, 6.45) is 1.75. The van der Waals surface area contributed by atoms with Crippen molar-refractivity contribution in [3.8, 4) is 11.3 Å². The van der Waals surface area contributed by atoms with E-state index >= 15 is 0 Å². The van der Waals surface area contributed by atoms with Gasteiger partial charge in [0.15, 0.2) is 0 Å². The van der Waals surface area contributed by atoms with Crippen molar-refractivity contribution in [2.45, 2.75) is 0 Å². The molecule has 3 rings (SSSR count). The van der Waals surface area contributed by atoms with E-state index in [1.54, 1.807) is 12.3 Å². The van der Waals surface area contributed by atoms with Gasteiger partial charge in [-0.15, -0.1) is 0 Å². The van der Waals surface area contributed by atoms with E-state index in [1.807, 2.05) is 30.3 Å². The summed E-state index contributed by atoms with van der Waals surface area (Å²) in [4.78, 5) is 14.9. The molecule has 94 valence electrons. The molecule has 3 aromatic rings. The van der Waals surface area contributed by atoms with Crippen molar-refractivity contribution >= 4 is 16.7 Å². The molecule has 0 aliphatic heterocycles. The van der Waals surface area contributed by atoms with Gasteiger partial charge in [-0.05, 0) is 16.8 Å². The Kier molecular flexibility index (Phi) is 2.80. The van der Waals surface area contributed by atoms with Crippen LogP contribution in [0.1, 0.15) is 10.4 Å². The molecule has 1 heterocycles. The molecule has 0 atom stereocenters. The Labute approximate surface area is 110 Å². The lowest BCUT2D eigenvalue weighted by Crippen LogP contribution is -2.01. The van der Waals surface area contributed by atoms with Gasteiger partial charge in [-0.2, -0.15) is 0 Å². The van der Waals surface area contributed by atoms with Crippen LogP contribution in [0.2, 0.25) is 0 Å². The summed E-state index contributed by atoms with van der Waals surface area (Å²) < 4.78 is 4.81. The molecule has 1 N–H and O–H groups in total. The van der Waals surface area contributed by atoms with Gasteiger partial charge >= 0.3 is 5.97 Å². The van der Waals surface area contributed by atoms with Crippen LogP contribution >= 0.6 is 0 Å². The van der Waals surface area contributed by atoms with Crippen molar-refractivity contribution in [1.29, 1.82) is 0 Å². The minimum atomic E-state index is -0.329. The van der Waals surface area contributed by atoms with Crippen LogP contribution in [-0.2, 0) is 4.74 Å². The van der Waals surface area contributed by atoms with Gasteiger partial charge in [0.25, 0.3) is 0 Å². The van der Waals surface area contributed by atoms with Gasteiger partial charge < -0.3 is 9.72 Å². The van der Waals surface area contributed by atoms with Crippen molar-refractivity contribution in [2.24, 2.45) is 0 Å². The summed E-state index contributed by atoms with van der Waals surface area (Å²) in [5.41, 5.74) is 2.35. The lowest BCUT2D eigenvalue weighted by molar-refractivity contribution is 0.0602. The summed E-state index contributed by atoms with van der Waals surface area (Å²) in [6.45, 7) is 0. The molecule has 19 heavy (non-hydrogen) atoms. The Morgan fingerprint density at radius 2 is 1.84 bits per heavy atom. The number of H-pyrrole nitrogens is 1. The second kappa shape index (κ2) is 4.61. The number of carbonyl (C=O) groups is 1. The Morgan fingerprint density at radius 1 is 1.05 bits per heavy atom. The van der Waals surface area contributed by atoms with Crippen LogP contribution in [0.3, 0.4) is 0 Å². The van der Waals surface area contributed by atoms with E-state index in [9.17, 15) is 4.79 Å². The zero-order chi connectivity index (χ0) is 13.2. The number of hydrogen-bond donors (Lipinski definition) is 1. The second-order valence-corrected chi connectivity index (χ2v) is 4.28. The average molecular weight is 251 g/mol. The first kappa shape index (κ1) is 11.5. The Hall–Kier alpha value is -2.55. The molecule has 0 saturated carbocycles. The summed E-state index contributed by atoms with van der Waals surface area (Å²) in [7, 11) is 1.39. The number of esters is 1. The number of methoxy groups -OCH3 is 1. The number of rotatable bonds is 2. The average Bonchev–Trinajstić information content (AvgIpc) is 2.95. The standard InChI is InChI=1S/C16H13NO2/c1-19-16(18)14-9-10-17-15(14)13-8-4-6-11-5-2-3-7-12(11)13/h2-10,17H,1H3. The van der Waals surface area contributed by atoms with Gasteiger partial charge in [0.2, 0.25) is 0 Å². The molecule has 3 nitrogen and oxygen atoms in total. The number of aromatic nitrogens is 1. The Bertz CT molecular complexity index is 738. The first-order valence-corrected chi connectivity index (χ1v) is 6.05. The third-order valence-electron chi connectivity index (χ3n) is 3.21. The number of nitrogens with one attached hydrogen (secondary N) is 1. The van der Waals surface area contributed by atoms with Crippen LogP contribution in [0.4, 0.5) is 0 Å². The van der Waals surface area contributed by atoms with E-state index in [-0.39, 0.29) is 5.97 Å². The van der Waals surface area contributed by atoms with Crippen molar-refractivity contribution in [2.75, 3.05) is 7.11 Å². The van der Waals surface area contributed by atoms with E-state index in [1.165, 1.54) is 7.11 Å². The second-order valence-electron chi connectivity index (χ2n) is 4.28. The van der Waals surface area contributed by atoms with Gasteiger partial charge in [0, 0.05) is 11.8 Å². The van der Waals surface area contributed by atoms with Crippen molar-refractivity contribution < 1.29 is 9.53 Å². The van der Waals surface area contributed by atoms with Crippen molar-refractivity contribution in [1.82, 2.24) is 4.98 Å². The highest BCUT2D eigenvalue weighted by molar-refractivity contribution is 6.03. The summed E-state index contributed by atoms with van der Waals surface area (Å²) in [5, 5.41) is 2.25. The molecule has 0 saturated heterocycles. The third-order valence-corrected chi connectivity index (χ3v) is 3.21. The van der Waals surface area contributed by atoms with Gasteiger partial charge in [-0.25, -0.2) is 4.79 Å². The molecule has 0 aliphatic carbocycles. The fourth-order valence-corrected chi connectivity index (χ4v) is 2.32. The monoisotopic (exact) mass is 251 g/mol. The maximum Gasteiger partial charge on any atom is 0.340 e. The number of ether oxygens (including phenoxy) is 1. The molecule has 1 aromatic heterocycles. The van der Waals surface area contributed by atoms with Crippen LogP contribution in [0.5, 0.6) is 0 Å². The molecule has 0 radical (unpaired) electrons. The van der Waals surface area contributed by atoms with Crippen LogP contribution < -0.4 is 0 Å². The van der Waals surface area contributed by atoms with Crippen LogP contribution in [-0.4, -0.2) is 18.1 Å². The fraction of sp³-hybridized carbons (Fsp3) is 0.0625. The molecule has 0 fully saturated rings. The normalized spacial score (nSPS) is 10.6. The number of fused-ring (bicyclic) bond motifs is 1. The smallest absolute Gasteiger partial charge is 0.340 e. The largest absolute Gasteiger partial charge is 0.465 e. The Balaban J connectivity index is 2.26. The predicted octanol–water partition coefficient (Wildman–Crippen LogP) is 3.62. The summed E-state index contributed by atoms with van der Waals surface area (Å²) in [6, 6.07) is 15.9. The molecule has 0 amide bonds. The van der Waals surface area contributed by atoms with Crippen LogP contribution in [0, 0.1) is 0 Å². The quantitative estimate of drug-likeness (QED) is 0.707. The van der Waals surface area contributed by atoms with E-state index in [0.717, 1.165) is 22.0 Å². The minimum absolute atomic E-state index is 0.329. The lowest BCUT2D eigenvalue weighted by Gasteiger charge is -2.07. The fourth-order valence-electron chi connectivity index (χ4n) is 2.32. The zero-order valence-corrected chi connectivity index (χ0v) is 10.5. The SMILES string of the molecule is COC(=O)c1cc[nH]c1-c1cccc2ccccc12. The molecule has 0 unspecified atom stereocenters. The molecule has 3 heteroatoms. The van der Waals surface area contributed by atoms with E-state index in [4.69, 9.17) is 4.74 Å². The van der Waals surface area contributed by atoms with Gasteiger partial charge in [-0.3, -0.25) is 0 Å². The van der Waals surface area contributed by atoms with E-state index < -0.39 is 0 Å². The number of benzene rings is 2. The minimum Gasteiger partial charge on any atom is -0.465 e. The number of aromatic amines is 1. The highest BCUT2D eigenvalue weighted by atomic mass is 16.5. The first-order chi connectivity index (χ1) is 9.31. The van der Waals surface area contributed by atoms with Gasteiger partial charge in [0.1, 0.15) is 0 Å². The van der Waals surface area contributed by atoms with E-state index in [2.05, 4.69) is 17.1 Å². The highest BCUT2D eigenvalue weighted by Crippen LogP contribution is 2.30. The number of hydrogen-bond acceptors (Lipinski definition) is 2. The molecule has 0 bridgehead atoms. The molecule has 2 aromatic carbocycles. The number of carbonyl (C=O) groups excluding carboxylic acids is 1. The molecule has 0 aliphatic rings. The van der Waals surface area contributed by atoms with Crippen LogP contribution in [0.25, 0.3) is 22.0 Å². The summed E-state index contributed by atoms with van der Waals surface area (Å²) >= 11 is 0. The van der Waals surface area contributed by atoms with Gasteiger partial charge in [-0.1, -0.05) is 42.5 Å². The molecule has 0 spiro atoms. The predicted molar refractivity (Wildman–Crippen MR) is 75.1 cm³/mol. The zero-order valence-electron chi connectivity index (χ0n) is 10.5. The molecular weight excluding hydrogens is 238 g/mol. The first-order valence-electron chi connectivity index (χ1n) is 6.05.